The SMILES string of the molecule is Cc1cc(CN(C)C(=O)c2nc(N3CCCC4(CCOCC4)C3)[nH]c(=O)c2O)ccc1F. The molecule has 172 valence electrons. The number of hydrogen-bond acceptors (Lipinski definition) is 6. The van der Waals surface area contributed by atoms with Gasteiger partial charge in [-0.25, -0.2) is 9.37 Å². The van der Waals surface area contributed by atoms with Crippen LogP contribution in [0.2, 0.25) is 0 Å². The lowest BCUT2D eigenvalue weighted by Gasteiger charge is -2.45. The van der Waals surface area contributed by atoms with E-state index in [0.717, 1.165) is 51.0 Å². The zero-order chi connectivity index (χ0) is 22.9. The number of halogens is 1. The number of nitrogens with one attached hydrogen (secondary N) is 1. The molecule has 3 heterocycles. The van der Waals surface area contributed by atoms with Gasteiger partial charge >= 0.3 is 0 Å². The van der Waals surface area contributed by atoms with Crippen LogP contribution in [0.25, 0.3) is 0 Å². The first-order valence-electron chi connectivity index (χ1n) is 10.9. The van der Waals surface area contributed by atoms with Gasteiger partial charge in [0.05, 0.1) is 0 Å². The number of H-pyrrole nitrogens is 1. The summed E-state index contributed by atoms with van der Waals surface area (Å²) >= 11 is 0. The number of aromatic amines is 1. The average molecular weight is 445 g/mol. The van der Waals surface area contributed by atoms with Crippen LogP contribution in [-0.4, -0.2) is 59.2 Å². The topological polar surface area (TPSA) is 98.8 Å². The lowest BCUT2D eigenvalue weighted by Crippen LogP contribution is -2.47. The van der Waals surface area contributed by atoms with Gasteiger partial charge in [-0.15, -0.1) is 0 Å². The molecule has 0 unspecified atom stereocenters. The van der Waals surface area contributed by atoms with Gasteiger partial charge in [0.25, 0.3) is 11.5 Å². The van der Waals surface area contributed by atoms with Crippen LogP contribution in [-0.2, 0) is 11.3 Å². The van der Waals surface area contributed by atoms with E-state index in [2.05, 4.69) is 9.97 Å². The zero-order valence-corrected chi connectivity index (χ0v) is 18.5. The Morgan fingerprint density at radius 2 is 2.09 bits per heavy atom. The molecule has 0 atom stereocenters. The molecule has 9 heteroatoms. The third-order valence-electron chi connectivity index (χ3n) is 6.59. The Hall–Kier alpha value is -2.94. The van der Waals surface area contributed by atoms with Crippen molar-refractivity contribution in [2.24, 2.45) is 5.41 Å². The molecular formula is C23H29FN4O4. The van der Waals surface area contributed by atoms with Crippen LogP contribution < -0.4 is 10.5 Å². The molecule has 32 heavy (non-hydrogen) atoms. The minimum atomic E-state index is -0.740. The van der Waals surface area contributed by atoms with Crippen molar-refractivity contribution >= 4 is 11.9 Å². The fourth-order valence-corrected chi connectivity index (χ4v) is 4.69. The van der Waals surface area contributed by atoms with Gasteiger partial charge in [0, 0.05) is 39.9 Å². The summed E-state index contributed by atoms with van der Waals surface area (Å²) in [6, 6.07) is 4.62. The Kier molecular flexibility index (Phi) is 6.19. The highest BCUT2D eigenvalue weighted by Crippen LogP contribution is 2.40. The summed E-state index contributed by atoms with van der Waals surface area (Å²) in [6.45, 7) is 4.74. The maximum Gasteiger partial charge on any atom is 0.295 e. The van der Waals surface area contributed by atoms with Crippen molar-refractivity contribution < 1.29 is 19.0 Å². The van der Waals surface area contributed by atoms with E-state index in [1.165, 1.54) is 11.0 Å². The molecule has 0 radical (unpaired) electrons. The summed E-state index contributed by atoms with van der Waals surface area (Å²) in [5, 5.41) is 10.3. The van der Waals surface area contributed by atoms with E-state index in [1.54, 1.807) is 26.1 Å². The van der Waals surface area contributed by atoms with E-state index in [9.17, 15) is 19.1 Å². The van der Waals surface area contributed by atoms with Gasteiger partial charge in [0.2, 0.25) is 11.7 Å². The number of hydrogen-bond donors (Lipinski definition) is 2. The van der Waals surface area contributed by atoms with Gasteiger partial charge in [-0.05, 0) is 55.2 Å². The van der Waals surface area contributed by atoms with Crippen LogP contribution in [0.1, 0.15) is 47.3 Å². The molecule has 2 N–H and O–H groups in total. The lowest BCUT2D eigenvalue weighted by atomic mass is 9.74. The highest BCUT2D eigenvalue weighted by atomic mass is 19.1. The molecule has 4 rings (SSSR count). The Morgan fingerprint density at radius 3 is 2.81 bits per heavy atom. The summed E-state index contributed by atoms with van der Waals surface area (Å²) in [5.41, 5.74) is 0.318. The number of benzene rings is 1. The average Bonchev–Trinajstić information content (AvgIpc) is 2.78. The number of aryl methyl sites for hydroxylation is 1. The van der Waals surface area contributed by atoms with Crippen molar-refractivity contribution in [1.82, 2.24) is 14.9 Å². The van der Waals surface area contributed by atoms with Crippen molar-refractivity contribution in [3.63, 3.8) is 0 Å². The zero-order valence-electron chi connectivity index (χ0n) is 18.5. The van der Waals surface area contributed by atoms with Gasteiger partial charge in [-0.2, -0.15) is 0 Å². The van der Waals surface area contributed by atoms with Crippen LogP contribution >= 0.6 is 0 Å². The summed E-state index contributed by atoms with van der Waals surface area (Å²) in [7, 11) is 1.56. The Morgan fingerprint density at radius 1 is 1.34 bits per heavy atom. The number of rotatable bonds is 4. The molecule has 1 amide bonds. The summed E-state index contributed by atoms with van der Waals surface area (Å²) in [4.78, 5) is 35.8. The maximum atomic E-state index is 13.5. The Balaban J connectivity index is 1.57. The molecule has 1 aromatic carbocycles. The van der Waals surface area contributed by atoms with Crippen molar-refractivity contribution in [3.8, 4) is 5.75 Å². The number of carbonyl (C=O) groups excluding carboxylic acids is 1. The van der Waals surface area contributed by atoms with E-state index < -0.39 is 17.2 Å². The number of ether oxygens (including phenoxy) is 1. The van der Waals surface area contributed by atoms with E-state index in [1.807, 2.05) is 4.90 Å². The molecule has 2 fully saturated rings. The second-order valence-corrected chi connectivity index (χ2v) is 8.97. The van der Waals surface area contributed by atoms with Crippen molar-refractivity contribution in [3.05, 3.63) is 51.2 Å². The quantitative estimate of drug-likeness (QED) is 0.752. The number of nitrogens with zero attached hydrogens (tertiary/aromatic N) is 3. The molecule has 0 saturated carbocycles. The molecule has 2 saturated heterocycles. The lowest BCUT2D eigenvalue weighted by molar-refractivity contribution is 0.00734. The molecular weight excluding hydrogens is 415 g/mol. The van der Waals surface area contributed by atoms with Crippen LogP contribution in [0.4, 0.5) is 10.3 Å². The minimum Gasteiger partial charge on any atom is -0.501 e. The Labute approximate surface area is 186 Å². The first-order valence-corrected chi connectivity index (χ1v) is 10.9. The number of piperidine rings is 1. The standard InChI is InChI=1S/C23H29FN4O4/c1-15-12-16(4-5-17(15)24)13-27(2)21(31)18-19(29)20(30)26-22(25-18)28-9-3-6-23(14-28)7-10-32-11-8-23/h4-5,12,29H,3,6-11,13-14H2,1-2H3,(H,25,26,30). The number of aromatic hydroxyl groups is 1. The van der Waals surface area contributed by atoms with Crippen molar-refractivity contribution in [2.45, 2.75) is 39.2 Å². The van der Waals surface area contributed by atoms with Gasteiger partial charge in [0.1, 0.15) is 5.82 Å². The minimum absolute atomic E-state index is 0.119. The van der Waals surface area contributed by atoms with Gasteiger partial charge in [-0.3, -0.25) is 14.6 Å². The number of carbonyl (C=O) groups is 1. The highest BCUT2D eigenvalue weighted by molar-refractivity contribution is 5.94. The third-order valence-corrected chi connectivity index (χ3v) is 6.59. The first-order chi connectivity index (χ1) is 15.3. The van der Waals surface area contributed by atoms with E-state index in [-0.39, 0.29) is 23.5 Å². The first kappa shape index (κ1) is 22.3. The molecule has 2 aromatic rings. The number of amides is 1. The molecule has 8 nitrogen and oxygen atoms in total. The van der Waals surface area contributed by atoms with E-state index in [4.69, 9.17) is 4.74 Å². The summed E-state index contributed by atoms with van der Waals surface area (Å²) < 4.78 is 19.1. The van der Waals surface area contributed by atoms with Crippen LogP contribution in [0.15, 0.2) is 23.0 Å². The summed E-state index contributed by atoms with van der Waals surface area (Å²) in [6.07, 6.45) is 3.97. The predicted octanol–water partition coefficient (Wildman–Crippen LogP) is 2.59. The van der Waals surface area contributed by atoms with Gasteiger partial charge < -0.3 is 19.6 Å². The molecule has 2 aliphatic rings. The summed E-state index contributed by atoms with van der Waals surface area (Å²) in [5.74, 6) is -1.29. The fourth-order valence-electron chi connectivity index (χ4n) is 4.69. The number of aromatic nitrogens is 2. The monoisotopic (exact) mass is 444 g/mol. The van der Waals surface area contributed by atoms with Crippen LogP contribution in [0.3, 0.4) is 0 Å². The molecule has 1 aromatic heterocycles. The molecule has 1 spiro atoms. The molecule has 0 bridgehead atoms. The largest absolute Gasteiger partial charge is 0.501 e. The van der Waals surface area contributed by atoms with Crippen LogP contribution in [0, 0.1) is 18.2 Å². The molecule has 2 aliphatic heterocycles. The van der Waals surface area contributed by atoms with E-state index >= 15 is 0 Å². The smallest absolute Gasteiger partial charge is 0.295 e. The Bertz CT molecular complexity index is 1060. The maximum absolute atomic E-state index is 13.5. The third kappa shape index (κ3) is 4.48. The van der Waals surface area contributed by atoms with E-state index in [0.29, 0.717) is 18.1 Å². The van der Waals surface area contributed by atoms with Crippen molar-refractivity contribution in [1.29, 1.82) is 0 Å². The fraction of sp³-hybridized carbons (Fsp3) is 0.522. The highest BCUT2D eigenvalue weighted by Gasteiger charge is 2.38. The normalized spacial score (nSPS) is 18.0. The second kappa shape index (κ2) is 8.90. The predicted molar refractivity (Wildman–Crippen MR) is 117 cm³/mol. The second-order valence-electron chi connectivity index (χ2n) is 8.97. The van der Waals surface area contributed by atoms with Gasteiger partial charge in [-0.1, -0.05) is 12.1 Å². The van der Waals surface area contributed by atoms with Crippen molar-refractivity contribution in [2.75, 3.05) is 38.3 Å². The molecule has 0 aliphatic carbocycles. The number of anilines is 1. The van der Waals surface area contributed by atoms with Gasteiger partial charge in [0.15, 0.2) is 5.69 Å². The van der Waals surface area contributed by atoms with Crippen LogP contribution in [0.5, 0.6) is 5.75 Å².